The molecule has 0 spiro atoms. The molecule has 82 valence electrons. The molecule has 1 rings (SSSR count). The molecule has 0 bridgehead atoms. The minimum atomic E-state index is -0.809. The van der Waals surface area contributed by atoms with Crippen molar-refractivity contribution in [3.8, 4) is 0 Å². The Bertz CT molecular complexity index is 344. The second-order valence-corrected chi connectivity index (χ2v) is 3.66. The van der Waals surface area contributed by atoms with E-state index >= 15 is 0 Å². The third kappa shape index (κ3) is 4.67. The van der Waals surface area contributed by atoms with E-state index in [0.29, 0.717) is 11.4 Å². The molecular formula is C10H13ClN2O2. The summed E-state index contributed by atoms with van der Waals surface area (Å²) in [7, 11) is 0. The molecule has 1 aromatic carbocycles. The summed E-state index contributed by atoms with van der Waals surface area (Å²) in [6, 6.07) is 7.10. The Hall–Kier alpha value is -1.26. The number of primary amides is 1. The van der Waals surface area contributed by atoms with Crippen LogP contribution >= 0.6 is 11.6 Å². The lowest BCUT2D eigenvalue weighted by atomic mass is 10.1. The van der Waals surface area contributed by atoms with Gasteiger partial charge in [0.2, 0.25) is 0 Å². The molecule has 1 atom stereocenters. The average molecular weight is 229 g/mol. The van der Waals surface area contributed by atoms with E-state index in [4.69, 9.17) is 23.1 Å². The first-order valence-electron chi connectivity index (χ1n) is 4.50. The summed E-state index contributed by atoms with van der Waals surface area (Å²) in [6.07, 6.45) is -0.218. The van der Waals surface area contributed by atoms with E-state index < -0.39 is 6.09 Å². The molecule has 0 aliphatic heterocycles. The Balaban J connectivity index is 2.44. The number of carbonyl (C=O) groups excluding carboxylic acids is 1. The first kappa shape index (κ1) is 11.8. The number of rotatable bonds is 4. The van der Waals surface area contributed by atoms with Crippen LogP contribution in [-0.2, 0) is 11.2 Å². The van der Waals surface area contributed by atoms with Gasteiger partial charge in [-0.15, -0.1) is 0 Å². The van der Waals surface area contributed by atoms with Gasteiger partial charge in [-0.2, -0.15) is 0 Å². The molecule has 0 aliphatic rings. The van der Waals surface area contributed by atoms with E-state index in [1.54, 1.807) is 6.07 Å². The van der Waals surface area contributed by atoms with Crippen LogP contribution in [-0.4, -0.2) is 18.7 Å². The second kappa shape index (κ2) is 5.58. The maximum Gasteiger partial charge on any atom is 0.404 e. The maximum absolute atomic E-state index is 10.3. The quantitative estimate of drug-likeness (QED) is 0.816. The van der Waals surface area contributed by atoms with Crippen LogP contribution in [0.5, 0.6) is 0 Å². The predicted octanol–water partition coefficient (Wildman–Crippen LogP) is 1.31. The molecule has 4 nitrogen and oxygen atoms in total. The minimum Gasteiger partial charge on any atom is -0.448 e. The van der Waals surface area contributed by atoms with Crippen molar-refractivity contribution in [1.29, 1.82) is 0 Å². The van der Waals surface area contributed by atoms with Crippen molar-refractivity contribution in [1.82, 2.24) is 0 Å². The van der Waals surface area contributed by atoms with Gasteiger partial charge in [0.05, 0.1) is 0 Å². The zero-order chi connectivity index (χ0) is 11.3. The summed E-state index contributed by atoms with van der Waals surface area (Å²) in [5.74, 6) is 0. The summed E-state index contributed by atoms with van der Waals surface area (Å²) in [5, 5.41) is 0.663. The summed E-state index contributed by atoms with van der Waals surface area (Å²) < 4.78 is 4.59. The fourth-order valence-electron chi connectivity index (χ4n) is 1.21. The van der Waals surface area contributed by atoms with E-state index in [-0.39, 0.29) is 12.6 Å². The van der Waals surface area contributed by atoms with Crippen molar-refractivity contribution in [3.05, 3.63) is 34.9 Å². The van der Waals surface area contributed by atoms with E-state index in [1.807, 2.05) is 18.2 Å². The van der Waals surface area contributed by atoms with E-state index in [9.17, 15) is 4.79 Å². The maximum atomic E-state index is 10.3. The monoisotopic (exact) mass is 228 g/mol. The van der Waals surface area contributed by atoms with Crippen LogP contribution in [0, 0.1) is 0 Å². The number of hydrogen-bond acceptors (Lipinski definition) is 3. The van der Waals surface area contributed by atoms with Crippen LogP contribution in [0.15, 0.2) is 24.3 Å². The lowest BCUT2D eigenvalue weighted by Gasteiger charge is -2.11. The number of benzene rings is 1. The number of halogens is 1. The molecule has 4 N–H and O–H groups in total. The molecule has 0 fully saturated rings. The smallest absolute Gasteiger partial charge is 0.404 e. The molecule has 15 heavy (non-hydrogen) atoms. The van der Waals surface area contributed by atoms with Crippen LogP contribution in [0.1, 0.15) is 5.56 Å². The van der Waals surface area contributed by atoms with Crippen molar-refractivity contribution < 1.29 is 9.53 Å². The van der Waals surface area contributed by atoms with Gasteiger partial charge >= 0.3 is 6.09 Å². The van der Waals surface area contributed by atoms with Gasteiger partial charge in [0, 0.05) is 11.1 Å². The van der Waals surface area contributed by atoms with Crippen LogP contribution < -0.4 is 11.5 Å². The highest BCUT2D eigenvalue weighted by molar-refractivity contribution is 6.30. The van der Waals surface area contributed by atoms with E-state index in [0.717, 1.165) is 5.56 Å². The summed E-state index contributed by atoms with van der Waals surface area (Å²) in [6.45, 7) is 0.113. The number of nitrogens with two attached hydrogens (primary N) is 2. The molecule has 0 aliphatic carbocycles. The van der Waals surface area contributed by atoms with E-state index in [2.05, 4.69) is 4.74 Å². The molecule has 5 heteroatoms. The van der Waals surface area contributed by atoms with Gasteiger partial charge in [-0.25, -0.2) is 4.79 Å². The highest BCUT2D eigenvalue weighted by atomic mass is 35.5. The van der Waals surface area contributed by atoms with Crippen LogP contribution in [0.25, 0.3) is 0 Å². The molecule has 0 aromatic heterocycles. The predicted molar refractivity (Wildman–Crippen MR) is 58.7 cm³/mol. The van der Waals surface area contributed by atoms with Crippen molar-refractivity contribution in [2.75, 3.05) is 6.61 Å². The topological polar surface area (TPSA) is 78.3 Å². The molecule has 0 saturated heterocycles. The zero-order valence-electron chi connectivity index (χ0n) is 8.15. The number of amides is 1. The van der Waals surface area contributed by atoms with E-state index in [1.165, 1.54) is 0 Å². The van der Waals surface area contributed by atoms with Crippen LogP contribution in [0.3, 0.4) is 0 Å². The number of carbonyl (C=O) groups is 1. The Morgan fingerprint density at radius 2 is 2.27 bits per heavy atom. The standard InChI is InChI=1S/C10H13ClN2O2/c11-8-3-1-2-7(4-8)5-9(12)6-15-10(13)14/h1-4,9H,5-6,12H2,(H2,13,14). The van der Waals surface area contributed by atoms with Gasteiger partial charge in [-0.1, -0.05) is 23.7 Å². The Morgan fingerprint density at radius 3 is 2.87 bits per heavy atom. The Labute approximate surface area is 93.1 Å². The first-order valence-corrected chi connectivity index (χ1v) is 4.88. The highest BCUT2D eigenvalue weighted by Gasteiger charge is 2.06. The summed E-state index contributed by atoms with van der Waals surface area (Å²) in [4.78, 5) is 10.3. The highest BCUT2D eigenvalue weighted by Crippen LogP contribution is 2.11. The number of hydrogen-bond donors (Lipinski definition) is 2. The SMILES string of the molecule is NC(=O)OCC(N)Cc1cccc(Cl)c1. The molecule has 0 heterocycles. The second-order valence-electron chi connectivity index (χ2n) is 3.22. The van der Waals surface area contributed by atoms with Crippen LogP contribution in [0.4, 0.5) is 4.79 Å². The zero-order valence-corrected chi connectivity index (χ0v) is 8.91. The first-order chi connectivity index (χ1) is 7.08. The van der Waals surface area contributed by atoms with Gasteiger partial charge in [0.1, 0.15) is 6.61 Å². The van der Waals surface area contributed by atoms with Gasteiger partial charge in [0.15, 0.2) is 0 Å². The minimum absolute atomic E-state index is 0.113. The molecule has 0 saturated carbocycles. The van der Waals surface area contributed by atoms with Crippen molar-refractivity contribution >= 4 is 17.7 Å². The van der Waals surface area contributed by atoms with Gasteiger partial charge < -0.3 is 16.2 Å². The van der Waals surface area contributed by atoms with Gasteiger partial charge in [-0.05, 0) is 24.1 Å². The molecule has 1 aromatic rings. The largest absolute Gasteiger partial charge is 0.448 e. The molecule has 1 amide bonds. The summed E-state index contributed by atoms with van der Waals surface area (Å²) in [5.41, 5.74) is 11.6. The average Bonchev–Trinajstić information content (AvgIpc) is 2.15. The Kier molecular flexibility index (Phi) is 4.39. The molecular weight excluding hydrogens is 216 g/mol. The Morgan fingerprint density at radius 1 is 1.53 bits per heavy atom. The summed E-state index contributed by atoms with van der Waals surface area (Å²) >= 11 is 5.81. The molecule has 1 unspecified atom stereocenters. The van der Waals surface area contributed by atoms with Crippen molar-refractivity contribution in [3.63, 3.8) is 0 Å². The lowest BCUT2D eigenvalue weighted by Crippen LogP contribution is -2.31. The normalized spacial score (nSPS) is 12.1. The third-order valence-corrected chi connectivity index (χ3v) is 2.06. The van der Waals surface area contributed by atoms with Gasteiger partial charge in [0.25, 0.3) is 0 Å². The van der Waals surface area contributed by atoms with Crippen molar-refractivity contribution in [2.45, 2.75) is 12.5 Å². The third-order valence-electron chi connectivity index (χ3n) is 1.83. The van der Waals surface area contributed by atoms with Gasteiger partial charge in [-0.3, -0.25) is 0 Å². The fourth-order valence-corrected chi connectivity index (χ4v) is 1.43. The molecule has 0 radical (unpaired) electrons. The lowest BCUT2D eigenvalue weighted by molar-refractivity contribution is 0.149. The fraction of sp³-hybridized carbons (Fsp3) is 0.300. The van der Waals surface area contributed by atoms with Crippen molar-refractivity contribution in [2.24, 2.45) is 11.5 Å². The number of ether oxygens (including phenoxy) is 1. The van der Waals surface area contributed by atoms with Crippen LogP contribution in [0.2, 0.25) is 5.02 Å².